The number of methoxy groups -OCH3 is 1. The molecule has 5 heteroatoms. The highest BCUT2D eigenvalue weighted by molar-refractivity contribution is 7.71. The smallest absolute Gasteiger partial charge is 0.193 e. The Kier molecular flexibility index (Phi) is 4.25. The fraction of sp³-hybridized carbons (Fsp3) is 0.333. The van der Waals surface area contributed by atoms with Gasteiger partial charge in [-0.05, 0) is 43.8 Å². The highest BCUT2D eigenvalue weighted by Gasteiger charge is 2.15. The number of rotatable bonds is 3. The molecule has 23 heavy (non-hydrogen) atoms. The standard InChI is InChI=1S/C18H19NO2S2/c1-9(2)17-19-13(8-23-17)12-6-14(20-5)16-10(3)11(4)18(22)21-15(16)7-12/h6-9H,1-5H3. The molecule has 0 aliphatic carbocycles. The Morgan fingerprint density at radius 1 is 1.22 bits per heavy atom. The topological polar surface area (TPSA) is 35.3 Å². The summed E-state index contributed by atoms with van der Waals surface area (Å²) in [6.45, 7) is 8.32. The summed E-state index contributed by atoms with van der Waals surface area (Å²) >= 11 is 7.00. The van der Waals surface area contributed by atoms with E-state index in [0.717, 1.165) is 44.1 Å². The van der Waals surface area contributed by atoms with Crippen molar-refractivity contribution in [3.63, 3.8) is 0 Å². The minimum atomic E-state index is 0.421. The lowest BCUT2D eigenvalue weighted by atomic mass is 10.0. The van der Waals surface area contributed by atoms with Crippen molar-refractivity contribution >= 4 is 34.5 Å². The third kappa shape index (κ3) is 2.79. The molecule has 3 nitrogen and oxygen atoms in total. The lowest BCUT2D eigenvalue weighted by Crippen LogP contribution is -1.93. The zero-order chi connectivity index (χ0) is 16.7. The summed E-state index contributed by atoms with van der Waals surface area (Å²) in [5.41, 5.74) is 4.75. The van der Waals surface area contributed by atoms with Gasteiger partial charge in [-0.1, -0.05) is 13.8 Å². The van der Waals surface area contributed by atoms with Gasteiger partial charge in [0.1, 0.15) is 11.3 Å². The molecule has 0 spiro atoms. The van der Waals surface area contributed by atoms with Crippen LogP contribution in [0.1, 0.15) is 35.9 Å². The van der Waals surface area contributed by atoms with Crippen LogP contribution in [-0.4, -0.2) is 12.1 Å². The minimum Gasteiger partial charge on any atom is -0.496 e. The average molecular weight is 345 g/mol. The van der Waals surface area contributed by atoms with Crippen molar-refractivity contribution in [1.29, 1.82) is 0 Å². The molecule has 0 atom stereocenters. The van der Waals surface area contributed by atoms with Gasteiger partial charge in [-0.25, -0.2) is 4.98 Å². The van der Waals surface area contributed by atoms with Gasteiger partial charge in [0.15, 0.2) is 4.71 Å². The highest BCUT2D eigenvalue weighted by Crippen LogP contribution is 2.36. The van der Waals surface area contributed by atoms with E-state index in [9.17, 15) is 0 Å². The van der Waals surface area contributed by atoms with E-state index in [1.54, 1.807) is 18.4 Å². The number of hydrogen-bond acceptors (Lipinski definition) is 5. The first kappa shape index (κ1) is 16.1. The number of aromatic nitrogens is 1. The van der Waals surface area contributed by atoms with Gasteiger partial charge in [0, 0.05) is 22.4 Å². The number of thiazole rings is 1. The van der Waals surface area contributed by atoms with Gasteiger partial charge in [-0.15, -0.1) is 11.3 Å². The zero-order valence-electron chi connectivity index (χ0n) is 13.9. The summed E-state index contributed by atoms with van der Waals surface area (Å²) in [6.07, 6.45) is 0. The van der Waals surface area contributed by atoms with Crippen LogP contribution >= 0.6 is 23.6 Å². The molecule has 0 saturated carbocycles. The SMILES string of the molecule is COc1cc(-c2csc(C(C)C)n2)cc2oc(=S)c(C)c(C)c12. The minimum absolute atomic E-state index is 0.421. The molecule has 0 amide bonds. The van der Waals surface area contributed by atoms with E-state index < -0.39 is 0 Å². The van der Waals surface area contributed by atoms with E-state index in [1.165, 1.54) is 0 Å². The van der Waals surface area contributed by atoms with Crippen molar-refractivity contribution < 1.29 is 9.15 Å². The van der Waals surface area contributed by atoms with Gasteiger partial charge in [0.2, 0.25) is 0 Å². The van der Waals surface area contributed by atoms with Crippen LogP contribution in [-0.2, 0) is 0 Å². The third-order valence-electron chi connectivity index (χ3n) is 4.04. The van der Waals surface area contributed by atoms with E-state index >= 15 is 0 Å². The molecule has 120 valence electrons. The van der Waals surface area contributed by atoms with Crippen LogP contribution < -0.4 is 4.74 Å². The quantitative estimate of drug-likeness (QED) is 0.543. The summed E-state index contributed by atoms with van der Waals surface area (Å²) in [7, 11) is 1.68. The molecule has 0 fully saturated rings. The summed E-state index contributed by atoms with van der Waals surface area (Å²) in [6, 6.07) is 4.02. The maximum absolute atomic E-state index is 5.84. The second-order valence-electron chi connectivity index (χ2n) is 5.92. The Balaban J connectivity index is 2.27. The number of aryl methyl sites for hydroxylation is 1. The van der Waals surface area contributed by atoms with E-state index in [2.05, 4.69) is 19.2 Å². The number of fused-ring (bicyclic) bond motifs is 1. The molecular weight excluding hydrogens is 326 g/mol. The monoisotopic (exact) mass is 345 g/mol. The van der Waals surface area contributed by atoms with Crippen LogP contribution in [0.2, 0.25) is 0 Å². The average Bonchev–Trinajstić information content (AvgIpc) is 3.01. The fourth-order valence-corrected chi connectivity index (χ4v) is 3.64. The van der Waals surface area contributed by atoms with E-state index in [-0.39, 0.29) is 0 Å². The lowest BCUT2D eigenvalue weighted by molar-refractivity contribution is 0.418. The maximum Gasteiger partial charge on any atom is 0.193 e. The predicted molar refractivity (Wildman–Crippen MR) is 98.3 cm³/mol. The summed E-state index contributed by atoms with van der Waals surface area (Å²) in [5, 5.41) is 4.17. The first-order valence-electron chi connectivity index (χ1n) is 7.50. The molecule has 3 rings (SSSR count). The van der Waals surface area contributed by atoms with Crippen molar-refractivity contribution in [2.24, 2.45) is 0 Å². The molecule has 3 aromatic rings. The molecule has 0 N–H and O–H groups in total. The van der Waals surface area contributed by atoms with E-state index in [1.807, 2.05) is 26.0 Å². The van der Waals surface area contributed by atoms with Crippen molar-refractivity contribution in [3.05, 3.63) is 38.4 Å². The Bertz CT molecular complexity index is 938. The molecule has 0 bridgehead atoms. The van der Waals surface area contributed by atoms with Crippen molar-refractivity contribution in [3.8, 4) is 17.0 Å². The summed E-state index contributed by atoms with van der Waals surface area (Å²) in [5.74, 6) is 1.21. The summed E-state index contributed by atoms with van der Waals surface area (Å²) < 4.78 is 12.0. The normalized spacial score (nSPS) is 11.4. The Morgan fingerprint density at radius 3 is 2.57 bits per heavy atom. The van der Waals surface area contributed by atoms with E-state index in [0.29, 0.717) is 10.6 Å². The van der Waals surface area contributed by atoms with E-state index in [4.69, 9.17) is 26.4 Å². The molecule has 0 unspecified atom stereocenters. The largest absolute Gasteiger partial charge is 0.496 e. The Labute approximate surface area is 144 Å². The predicted octanol–water partition coefficient (Wildman–Crippen LogP) is 6.03. The van der Waals surface area contributed by atoms with Crippen molar-refractivity contribution in [1.82, 2.24) is 4.98 Å². The second-order valence-corrected chi connectivity index (χ2v) is 7.18. The number of ether oxygens (including phenoxy) is 1. The molecule has 1 aromatic carbocycles. The zero-order valence-corrected chi connectivity index (χ0v) is 15.5. The van der Waals surface area contributed by atoms with Gasteiger partial charge < -0.3 is 9.15 Å². The lowest BCUT2D eigenvalue weighted by Gasteiger charge is -2.11. The number of hydrogen-bond donors (Lipinski definition) is 0. The van der Waals surface area contributed by atoms with Crippen molar-refractivity contribution in [2.75, 3.05) is 7.11 Å². The number of nitrogens with zero attached hydrogens (tertiary/aromatic N) is 1. The van der Waals surface area contributed by atoms with Crippen LogP contribution in [0.4, 0.5) is 0 Å². The second kappa shape index (κ2) is 6.06. The molecule has 0 aliphatic rings. The van der Waals surface area contributed by atoms with Gasteiger partial charge >= 0.3 is 0 Å². The van der Waals surface area contributed by atoms with Gasteiger partial charge in [0.25, 0.3) is 0 Å². The van der Waals surface area contributed by atoms with Crippen LogP contribution in [0.25, 0.3) is 22.2 Å². The summed E-state index contributed by atoms with van der Waals surface area (Å²) in [4.78, 5) is 4.72. The Hall–Kier alpha value is -1.72. The molecular formula is C18H19NO2S2. The molecule has 2 heterocycles. The van der Waals surface area contributed by atoms with Crippen LogP contribution in [0.5, 0.6) is 5.75 Å². The van der Waals surface area contributed by atoms with Gasteiger partial charge in [-0.3, -0.25) is 0 Å². The molecule has 2 aromatic heterocycles. The highest BCUT2D eigenvalue weighted by atomic mass is 32.1. The third-order valence-corrected chi connectivity index (χ3v) is 5.58. The fourth-order valence-electron chi connectivity index (χ4n) is 2.55. The van der Waals surface area contributed by atoms with Crippen LogP contribution in [0.15, 0.2) is 21.9 Å². The van der Waals surface area contributed by atoms with Crippen LogP contribution in [0.3, 0.4) is 0 Å². The maximum atomic E-state index is 5.84. The number of benzene rings is 1. The molecule has 0 aliphatic heterocycles. The van der Waals surface area contributed by atoms with Gasteiger partial charge in [0.05, 0.1) is 23.2 Å². The molecule has 0 saturated heterocycles. The Morgan fingerprint density at radius 2 is 1.96 bits per heavy atom. The van der Waals surface area contributed by atoms with Gasteiger partial charge in [-0.2, -0.15) is 0 Å². The van der Waals surface area contributed by atoms with Crippen molar-refractivity contribution in [2.45, 2.75) is 33.6 Å². The first-order valence-corrected chi connectivity index (χ1v) is 8.79. The first-order chi connectivity index (χ1) is 10.9. The molecule has 0 radical (unpaired) electrons. The van der Waals surface area contributed by atoms with Crippen LogP contribution in [0, 0.1) is 18.6 Å².